The maximum atomic E-state index is 12.2. The van der Waals surface area contributed by atoms with Gasteiger partial charge in [0.2, 0.25) is 0 Å². The lowest BCUT2D eigenvalue weighted by Crippen LogP contribution is -2.23. The van der Waals surface area contributed by atoms with E-state index in [2.05, 4.69) is 43.4 Å². The van der Waals surface area contributed by atoms with Gasteiger partial charge in [-0.25, -0.2) is 0 Å². The van der Waals surface area contributed by atoms with Gasteiger partial charge in [0, 0.05) is 17.8 Å². The van der Waals surface area contributed by atoms with Crippen LogP contribution in [0.5, 0.6) is 0 Å². The molecule has 0 aromatic heterocycles. The number of amides is 1. The van der Waals surface area contributed by atoms with Gasteiger partial charge in [0.05, 0.1) is 0 Å². The fraction of sp³-hybridized carbons (Fsp3) is 0.278. The van der Waals surface area contributed by atoms with E-state index in [9.17, 15) is 4.79 Å². The van der Waals surface area contributed by atoms with Crippen LogP contribution in [0.4, 0.5) is 5.69 Å². The summed E-state index contributed by atoms with van der Waals surface area (Å²) in [7, 11) is 0. The van der Waals surface area contributed by atoms with Crippen LogP contribution < -0.4 is 11.1 Å². The van der Waals surface area contributed by atoms with Crippen molar-refractivity contribution in [3.63, 3.8) is 0 Å². The minimum atomic E-state index is -0.0901. The minimum absolute atomic E-state index is 0. The van der Waals surface area contributed by atoms with Gasteiger partial charge < -0.3 is 11.1 Å². The minimum Gasteiger partial charge on any atom is -0.399 e. The average Bonchev–Trinajstić information content (AvgIpc) is 2.47. The number of hydrogen-bond acceptors (Lipinski definition) is 2. The van der Waals surface area contributed by atoms with E-state index in [0.717, 1.165) is 11.1 Å². The molecule has 0 unspecified atom stereocenters. The van der Waals surface area contributed by atoms with E-state index in [4.69, 9.17) is 5.73 Å². The first kappa shape index (κ1) is 18.1. The molecule has 118 valence electrons. The molecule has 0 aliphatic carbocycles. The number of hydrogen-bond donors (Lipinski definition) is 2. The summed E-state index contributed by atoms with van der Waals surface area (Å²) >= 11 is 0. The van der Waals surface area contributed by atoms with Crippen molar-refractivity contribution in [3.8, 4) is 0 Å². The predicted molar refractivity (Wildman–Crippen MR) is 94.5 cm³/mol. The zero-order chi connectivity index (χ0) is 15.4. The Bertz CT molecular complexity index is 636. The topological polar surface area (TPSA) is 55.1 Å². The molecule has 2 rings (SSSR count). The normalized spacial score (nSPS) is 10.2. The lowest BCUT2D eigenvalue weighted by atomic mass is 10.0. The van der Waals surface area contributed by atoms with Gasteiger partial charge in [0.15, 0.2) is 0 Å². The largest absolute Gasteiger partial charge is 0.399 e. The zero-order valence-corrected chi connectivity index (χ0v) is 14.0. The molecule has 3 N–H and O–H groups in total. The second kappa shape index (κ2) is 7.85. The summed E-state index contributed by atoms with van der Waals surface area (Å²) < 4.78 is 0. The van der Waals surface area contributed by atoms with Crippen LogP contribution in [0.2, 0.25) is 0 Å². The number of benzene rings is 2. The quantitative estimate of drug-likeness (QED) is 0.835. The molecule has 0 heterocycles. The van der Waals surface area contributed by atoms with E-state index >= 15 is 0 Å². The van der Waals surface area contributed by atoms with Crippen LogP contribution in [0.25, 0.3) is 0 Å². The fourth-order valence-electron chi connectivity index (χ4n) is 2.18. The number of nitrogen functional groups attached to an aromatic ring is 1. The second-order valence-electron chi connectivity index (χ2n) is 5.65. The molecule has 0 atom stereocenters. The van der Waals surface area contributed by atoms with Crippen molar-refractivity contribution in [2.45, 2.75) is 33.2 Å². The molecule has 4 heteroatoms. The highest BCUT2D eigenvalue weighted by molar-refractivity contribution is 5.96. The van der Waals surface area contributed by atoms with Crippen LogP contribution >= 0.6 is 12.4 Å². The van der Waals surface area contributed by atoms with Crippen LogP contribution in [-0.4, -0.2) is 5.91 Å². The highest BCUT2D eigenvalue weighted by Gasteiger charge is 2.09. The predicted octanol–water partition coefficient (Wildman–Crippen LogP) is 4.05. The first-order chi connectivity index (χ1) is 9.97. The van der Waals surface area contributed by atoms with E-state index < -0.39 is 0 Å². The summed E-state index contributed by atoms with van der Waals surface area (Å²) in [5.74, 6) is 0.427. The molecule has 0 fully saturated rings. The third kappa shape index (κ3) is 4.50. The Hall–Kier alpha value is -2.00. The highest BCUT2D eigenvalue weighted by Crippen LogP contribution is 2.15. The van der Waals surface area contributed by atoms with Gasteiger partial charge in [-0.2, -0.15) is 0 Å². The van der Waals surface area contributed by atoms with Crippen molar-refractivity contribution in [1.29, 1.82) is 0 Å². The van der Waals surface area contributed by atoms with Crippen LogP contribution in [0.1, 0.15) is 46.8 Å². The van der Waals surface area contributed by atoms with E-state index in [1.165, 1.54) is 5.56 Å². The van der Waals surface area contributed by atoms with Gasteiger partial charge in [-0.15, -0.1) is 12.4 Å². The van der Waals surface area contributed by atoms with Crippen LogP contribution in [-0.2, 0) is 6.54 Å². The summed E-state index contributed by atoms with van der Waals surface area (Å²) in [6, 6.07) is 13.7. The summed E-state index contributed by atoms with van der Waals surface area (Å²) in [4.78, 5) is 12.2. The molecular formula is C18H23ClN2O. The van der Waals surface area contributed by atoms with Crippen LogP contribution in [0, 0.1) is 6.92 Å². The lowest BCUT2D eigenvalue weighted by molar-refractivity contribution is 0.0950. The first-order valence-corrected chi connectivity index (χ1v) is 7.20. The standard InChI is InChI=1S/C18H22N2O.ClH/c1-12(2)15-7-5-14(6-8-15)11-20-18(21)17-10-16(19)9-4-13(17)3;/h4-10,12H,11,19H2,1-3H3,(H,20,21);1H. The lowest BCUT2D eigenvalue weighted by Gasteiger charge is -2.10. The molecule has 0 bridgehead atoms. The van der Waals surface area contributed by atoms with Gasteiger partial charge in [0.1, 0.15) is 0 Å². The van der Waals surface area contributed by atoms with Crippen molar-refractivity contribution in [2.75, 3.05) is 5.73 Å². The number of halogens is 1. The molecule has 1 amide bonds. The van der Waals surface area contributed by atoms with Crippen molar-refractivity contribution < 1.29 is 4.79 Å². The molecule has 0 saturated heterocycles. The van der Waals surface area contributed by atoms with Crippen molar-refractivity contribution >= 4 is 24.0 Å². The molecule has 0 aliphatic heterocycles. The molecule has 3 nitrogen and oxygen atoms in total. The number of carbonyl (C=O) groups is 1. The Balaban J connectivity index is 0.00000242. The van der Waals surface area contributed by atoms with Gasteiger partial charge in [0.25, 0.3) is 5.91 Å². The van der Waals surface area contributed by atoms with Crippen LogP contribution in [0.3, 0.4) is 0 Å². The third-order valence-electron chi connectivity index (χ3n) is 3.61. The molecule has 2 aromatic rings. The Labute approximate surface area is 138 Å². The Morgan fingerprint density at radius 3 is 2.36 bits per heavy atom. The summed E-state index contributed by atoms with van der Waals surface area (Å²) in [5, 5.41) is 2.94. The molecule has 0 radical (unpaired) electrons. The first-order valence-electron chi connectivity index (χ1n) is 7.20. The van der Waals surface area contributed by atoms with Crippen LogP contribution in [0.15, 0.2) is 42.5 Å². The summed E-state index contributed by atoms with van der Waals surface area (Å²) in [5.41, 5.74) is 10.3. The summed E-state index contributed by atoms with van der Waals surface area (Å²) in [6.07, 6.45) is 0. The van der Waals surface area contributed by atoms with Crippen molar-refractivity contribution in [2.24, 2.45) is 0 Å². The molecule has 22 heavy (non-hydrogen) atoms. The van der Waals surface area contributed by atoms with Gasteiger partial charge >= 0.3 is 0 Å². The average molecular weight is 319 g/mol. The van der Waals surface area contributed by atoms with E-state index in [0.29, 0.717) is 23.7 Å². The molecule has 0 aliphatic rings. The number of aryl methyl sites for hydroxylation is 1. The van der Waals surface area contributed by atoms with E-state index in [1.807, 2.05) is 13.0 Å². The Morgan fingerprint density at radius 2 is 1.77 bits per heavy atom. The molecular weight excluding hydrogens is 296 g/mol. The number of rotatable bonds is 4. The number of anilines is 1. The van der Waals surface area contributed by atoms with Gasteiger partial charge in [-0.3, -0.25) is 4.79 Å². The number of nitrogens with one attached hydrogen (secondary N) is 1. The van der Waals surface area contributed by atoms with Crippen molar-refractivity contribution in [1.82, 2.24) is 5.32 Å². The second-order valence-corrected chi connectivity index (χ2v) is 5.65. The van der Waals surface area contributed by atoms with Crippen molar-refractivity contribution in [3.05, 3.63) is 64.7 Å². The SMILES string of the molecule is Cc1ccc(N)cc1C(=O)NCc1ccc(C(C)C)cc1.Cl. The zero-order valence-electron chi connectivity index (χ0n) is 13.2. The smallest absolute Gasteiger partial charge is 0.251 e. The fourth-order valence-corrected chi connectivity index (χ4v) is 2.18. The maximum Gasteiger partial charge on any atom is 0.251 e. The number of nitrogens with two attached hydrogens (primary N) is 1. The van der Waals surface area contributed by atoms with E-state index in [-0.39, 0.29) is 18.3 Å². The Morgan fingerprint density at radius 1 is 1.14 bits per heavy atom. The molecule has 0 saturated carbocycles. The maximum absolute atomic E-state index is 12.2. The van der Waals surface area contributed by atoms with Gasteiger partial charge in [-0.1, -0.05) is 44.2 Å². The Kier molecular flexibility index (Phi) is 6.44. The molecule has 0 spiro atoms. The number of carbonyl (C=O) groups excluding carboxylic acids is 1. The summed E-state index contributed by atoms with van der Waals surface area (Å²) in [6.45, 7) is 6.76. The highest BCUT2D eigenvalue weighted by atomic mass is 35.5. The van der Waals surface area contributed by atoms with Gasteiger partial charge in [-0.05, 0) is 41.7 Å². The monoisotopic (exact) mass is 318 g/mol. The third-order valence-corrected chi connectivity index (χ3v) is 3.61. The van der Waals surface area contributed by atoms with E-state index in [1.54, 1.807) is 12.1 Å². The molecule has 2 aromatic carbocycles.